The zero-order valence-electron chi connectivity index (χ0n) is 23.3. The van der Waals surface area contributed by atoms with Crippen LogP contribution in [0.2, 0.25) is 0 Å². The van der Waals surface area contributed by atoms with Gasteiger partial charge in [-0.1, -0.05) is 49.7 Å². The number of carbonyl (C=O) groups excluding carboxylic acids is 2. The number of unbranched alkanes of at least 4 members (excludes halogenated alkanes) is 1. The Balaban J connectivity index is 1.22. The fourth-order valence-corrected chi connectivity index (χ4v) is 5.10. The molecule has 0 aliphatic carbocycles. The van der Waals surface area contributed by atoms with Crippen molar-refractivity contribution in [2.45, 2.75) is 32.6 Å². The predicted molar refractivity (Wildman–Crippen MR) is 160 cm³/mol. The minimum absolute atomic E-state index is 0.288. The lowest BCUT2D eigenvalue weighted by Crippen LogP contribution is -2.46. The molecule has 0 spiro atoms. The van der Waals surface area contributed by atoms with Gasteiger partial charge in [0.05, 0.1) is 18.6 Å². The van der Waals surface area contributed by atoms with Crippen LogP contribution in [0, 0.1) is 0 Å². The number of ether oxygens (including phenoxy) is 2. The monoisotopic (exact) mass is 566 g/mol. The summed E-state index contributed by atoms with van der Waals surface area (Å²) in [7, 11) is 0. The van der Waals surface area contributed by atoms with Crippen LogP contribution in [0.5, 0.6) is 5.88 Å². The number of amides is 1. The summed E-state index contributed by atoms with van der Waals surface area (Å²) in [5.41, 5.74) is 2.20. The van der Waals surface area contributed by atoms with Crippen LogP contribution in [0.4, 0.5) is 16.3 Å². The Hall–Kier alpha value is -3.50. The molecule has 1 amide bonds. The van der Waals surface area contributed by atoms with Gasteiger partial charge in [0.15, 0.2) is 6.73 Å². The molecule has 2 aromatic carbocycles. The van der Waals surface area contributed by atoms with Crippen LogP contribution in [0.3, 0.4) is 0 Å². The van der Waals surface area contributed by atoms with Gasteiger partial charge in [0.25, 0.3) is 0 Å². The molecular weight excluding hydrogens is 528 g/mol. The number of aryl methyl sites for hydroxylation is 1. The maximum absolute atomic E-state index is 11.8. The van der Waals surface area contributed by atoms with Crippen LogP contribution in [-0.4, -0.2) is 74.8 Å². The van der Waals surface area contributed by atoms with Crippen molar-refractivity contribution in [2.75, 3.05) is 62.1 Å². The van der Waals surface area contributed by atoms with Crippen molar-refractivity contribution < 1.29 is 23.2 Å². The van der Waals surface area contributed by atoms with Gasteiger partial charge in [0.2, 0.25) is 12.3 Å². The van der Waals surface area contributed by atoms with E-state index in [0.29, 0.717) is 24.7 Å². The minimum atomic E-state index is -0.862. The number of rotatable bonds is 14. The average Bonchev–Trinajstić information content (AvgIpc) is 2.98. The van der Waals surface area contributed by atoms with Gasteiger partial charge in [-0.25, -0.2) is 4.79 Å². The second-order valence-electron chi connectivity index (χ2n) is 9.61. The number of aromatic nitrogens is 1. The summed E-state index contributed by atoms with van der Waals surface area (Å²) in [6.07, 6.45) is 4.88. The highest BCUT2D eigenvalue weighted by molar-refractivity contribution is 7.94. The van der Waals surface area contributed by atoms with Crippen molar-refractivity contribution in [2.24, 2.45) is 0 Å². The second kappa shape index (κ2) is 15.3. The fraction of sp³-hybridized carbons (Fsp3) is 0.433. The fourth-order valence-electron chi connectivity index (χ4n) is 4.92. The van der Waals surface area contributed by atoms with Crippen molar-refractivity contribution in [3.63, 3.8) is 0 Å². The normalized spacial score (nSPS) is 13.7. The molecule has 1 fully saturated rings. The Morgan fingerprint density at radius 2 is 1.85 bits per heavy atom. The van der Waals surface area contributed by atoms with Crippen LogP contribution >= 0.6 is 12.0 Å². The number of hydrogen-bond acceptors (Lipinski definition) is 9. The molecule has 0 bridgehead atoms. The maximum atomic E-state index is 11.8. The number of nitrogens with zero attached hydrogens (tertiary/aromatic N) is 4. The molecule has 4 rings (SSSR count). The van der Waals surface area contributed by atoms with Crippen molar-refractivity contribution >= 4 is 46.9 Å². The van der Waals surface area contributed by atoms with Gasteiger partial charge >= 0.3 is 6.16 Å². The van der Waals surface area contributed by atoms with E-state index in [9.17, 15) is 9.59 Å². The first-order chi connectivity index (χ1) is 19.6. The molecule has 1 saturated heterocycles. The predicted octanol–water partition coefficient (Wildman–Crippen LogP) is 5.52. The third-order valence-corrected chi connectivity index (χ3v) is 7.22. The molecule has 0 atom stereocenters. The van der Waals surface area contributed by atoms with E-state index in [-0.39, 0.29) is 6.73 Å². The molecule has 10 heteroatoms. The second-order valence-corrected chi connectivity index (χ2v) is 10.1. The Morgan fingerprint density at radius 1 is 1.05 bits per heavy atom. The molecule has 9 nitrogen and oxygen atoms in total. The summed E-state index contributed by atoms with van der Waals surface area (Å²) < 4.78 is 15.6. The molecule has 2 heterocycles. The summed E-state index contributed by atoms with van der Waals surface area (Å²) in [4.78, 5) is 34.1. The standard InChI is InChI=1S/C30H38N4O5S/c1-3-9-25-14-15-28(31-29(25)34(22-35)23-38-30(36)39-40-2)37-21-7-6-16-32-17-19-33(20-18-32)27-13-8-11-24-10-4-5-12-26(24)27/h4-5,8,10-15,22H,3,6-7,9,16-21,23H2,1-2H3. The summed E-state index contributed by atoms with van der Waals surface area (Å²) in [5.74, 6) is 0.868. The number of anilines is 2. The van der Waals surface area contributed by atoms with Crippen molar-refractivity contribution in [1.29, 1.82) is 0 Å². The van der Waals surface area contributed by atoms with Gasteiger partial charge in [-0.3, -0.25) is 14.6 Å². The first-order valence-corrected chi connectivity index (χ1v) is 14.9. The zero-order chi connectivity index (χ0) is 28.2. The lowest BCUT2D eigenvalue weighted by molar-refractivity contribution is -0.108. The lowest BCUT2D eigenvalue weighted by atomic mass is 10.1. The third-order valence-electron chi connectivity index (χ3n) is 6.92. The van der Waals surface area contributed by atoms with Crippen molar-refractivity contribution in [1.82, 2.24) is 9.88 Å². The number of hydrogen-bond donors (Lipinski definition) is 0. The van der Waals surface area contributed by atoms with E-state index in [1.54, 1.807) is 6.26 Å². The number of fused-ring (bicyclic) bond motifs is 1. The largest absolute Gasteiger partial charge is 0.522 e. The molecule has 40 heavy (non-hydrogen) atoms. The highest BCUT2D eigenvalue weighted by Gasteiger charge is 2.19. The molecule has 0 saturated carbocycles. The van der Waals surface area contributed by atoms with Gasteiger partial charge in [-0.05, 0) is 48.9 Å². The first-order valence-electron chi connectivity index (χ1n) is 13.8. The van der Waals surface area contributed by atoms with E-state index in [4.69, 9.17) is 13.7 Å². The molecule has 1 aromatic heterocycles. The highest BCUT2D eigenvalue weighted by atomic mass is 32.2. The smallest absolute Gasteiger partial charge is 0.478 e. The van der Waals surface area contributed by atoms with Crippen LogP contribution in [0.15, 0.2) is 54.6 Å². The van der Waals surface area contributed by atoms with E-state index < -0.39 is 6.16 Å². The van der Waals surface area contributed by atoms with Gasteiger partial charge < -0.3 is 18.6 Å². The SMILES string of the molecule is CCCc1ccc(OCCCCN2CCN(c3cccc4ccccc34)CC2)nc1N(C=O)COC(=O)OSC. The highest BCUT2D eigenvalue weighted by Crippen LogP contribution is 2.27. The quantitative estimate of drug-likeness (QED) is 0.0823. The van der Waals surface area contributed by atoms with E-state index in [1.807, 2.05) is 12.1 Å². The van der Waals surface area contributed by atoms with Gasteiger partial charge in [0, 0.05) is 49.6 Å². The van der Waals surface area contributed by atoms with Crippen molar-refractivity contribution in [3.05, 3.63) is 60.2 Å². The first kappa shape index (κ1) is 29.5. The van der Waals surface area contributed by atoms with E-state index >= 15 is 0 Å². The average molecular weight is 567 g/mol. The summed E-state index contributed by atoms with van der Waals surface area (Å²) >= 11 is 0.878. The Kier molecular flexibility index (Phi) is 11.3. The summed E-state index contributed by atoms with van der Waals surface area (Å²) in [6, 6.07) is 18.9. The number of piperazine rings is 1. The summed E-state index contributed by atoms with van der Waals surface area (Å²) in [5, 5.41) is 2.60. The van der Waals surface area contributed by atoms with Gasteiger partial charge in [-0.15, -0.1) is 0 Å². The van der Waals surface area contributed by atoms with Crippen molar-refractivity contribution in [3.8, 4) is 5.88 Å². The number of pyridine rings is 1. The van der Waals surface area contributed by atoms with E-state index in [0.717, 1.165) is 76.0 Å². The number of benzene rings is 2. The van der Waals surface area contributed by atoms with Crippen LogP contribution in [-0.2, 0) is 20.1 Å². The lowest BCUT2D eigenvalue weighted by Gasteiger charge is -2.36. The zero-order valence-corrected chi connectivity index (χ0v) is 24.1. The molecule has 0 radical (unpaired) electrons. The Bertz CT molecular complexity index is 1250. The Labute approximate surface area is 240 Å². The molecule has 1 aliphatic heterocycles. The van der Waals surface area contributed by atoms with Gasteiger partial charge in [-0.2, -0.15) is 4.98 Å². The Morgan fingerprint density at radius 3 is 2.62 bits per heavy atom. The van der Waals surface area contributed by atoms with E-state index in [1.165, 1.54) is 21.4 Å². The maximum Gasteiger partial charge on any atom is 0.522 e. The molecule has 1 aliphatic rings. The van der Waals surface area contributed by atoms with Crippen LogP contribution < -0.4 is 14.5 Å². The molecule has 214 valence electrons. The molecule has 0 unspecified atom stereocenters. The summed E-state index contributed by atoms with van der Waals surface area (Å²) in [6.45, 7) is 7.46. The van der Waals surface area contributed by atoms with Gasteiger partial charge in [0.1, 0.15) is 5.82 Å². The molecular formula is C30H38N4O5S. The molecule has 0 N–H and O–H groups in total. The number of carbonyl (C=O) groups is 2. The topological polar surface area (TPSA) is 84.4 Å². The van der Waals surface area contributed by atoms with Crippen LogP contribution in [0.25, 0.3) is 10.8 Å². The third kappa shape index (κ3) is 8.02. The van der Waals surface area contributed by atoms with E-state index in [2.05, 4.69) is 64.2 Å². The minimum Gasteiger partial charge on any atom is -0.478 e. The van der Waals surface area contributed by atoms with Crippen LogP contribution in [0.1, 0.15) is 31.7 Å². The molecule has 3 aromatic rings.